The van der Waals surface area contributed by atoms with Gasteiger partial charge in [-0.15, -0.1) is 13.2 Å². The summed E-state index contributed by atoms with van der Waals surface area (Å²) in [5.41, 5.74) is 0.679. The number of benzene rings is 1. The van der Waals surface area contributed by atoms with Gasteiger partial charge in [-0.2, -0.15) is 0 Å². The fourth-order valence-electron chi connectivity index (χ4n) is 1.93. The van der Waals surface area contributed by atoms with Gasteiger partial charge in [-0.1, -0.05) is 11.3 Å². The van der Waals surface area contributed by atoms with Crippen molar-refractivity contribution in [2.45, 2.75) is 33.2 Å². The zero-order valence-electron chi connectivity index (χ0n) is 11.4. The highest BCUT2D eigenvalue weighted by Crippen LogP contribution is 2.33. The number of hydrogen-bond acceptors (Lipinski definition) is 4. The molecule has 1 aromatic heterocycles. The quantitative estimate of drug-likeness (QED) is 0.835. The van der Waals surface area contributed by atoms with Crippen molar-refractivity contribution in [1.29, 1.82) is 0 Å². The number of rotatable bonds is 4. The molecule has 0 fully saturated rings. The Bertz CT molecular complexity index is 595. The smallest absolute Gasteiger partial charge is 0.406 e. The molecule has 2 aromatic rings. The maximum absolute atomic E-state index is 12.2. The summed E-state index contributed by atoms with van der Waals surface area (Å²) in [4.78, 5) is 6.54. The molecule has 110 valence electrons. The first kappa shape index (κ1) is 14.9. The molecule has 1 heterocycles. The summed E-state index contributed by atoms with van der Waals surface area (Å²) < 4.78 is 41.2. The van der Waals surface area contributed by atoms with Gasteiger partial charge in [0.05, 0.1) is 10.2 Å². The summed E-state index contributed by atoms with van der Waals surface area (Å²) in [5.74, 6) is -0.215. The summed E-state index contributed by atoms with van der Waals surface area (Å²) in [6.45, 7) is 6.91. The molecule has 0 aliphatic heterocycles. The second-order valence-electron chi connectivity index (χ2n) is 4.55. The van der Waals surface area contributed by atoms with Crippen LogP contribution in [0.4, 0.5) is 18.3 Å². The fraction of sp³-hybridized carbons (Fsp3) is 0.462. The number of hydrogen-bond donors (Lipinski definition) is 0. The van der Waals surface area contributed by atoms with Crippen molar-refractivity contribution < 1.29 is 17.9 Å². The highest BCUT2D eigenvalue weighted by Gasteiger charge is 2.31. The molecule has 3 nitrogen and oxygen atoms in total. The van der Waals surface area contributed by atoms with Crippen LogP contribution in [-0.2, 0) is 0 Å². The predicted octanol–water partition coefficient (Wildman–Crippen LogP) is 4.43. The van der Waals surface area contributed by atoms with Crippen LogP contribution in [0, 0.1) is 0 Å². The highest BCUT2D eigenvalue weighted by molar-refractivity contribution is 7.22. The minimum absolute atomic E-state index is 0.215. The first-order chi connectivity index (χ1) is 9.30. The Balaban J connectivity index is 2.34. The van der Waals surface area contributed by atoms with Crippen LogP contribution in [0.15, 0.2) is 18.2 Å². The van der Waals surface area contributed by atoms with Crippen molar-refractivity contribution in [3.05, 3.63) is 18.2 Å². The van der Waals surface area contributed by atoms with E-state index in [4.69, 9.17) is 0 Å². The Kier molecular flexibility index (Phi) is 4.08. The molecule has 0 spiro atoms. The van der Waals surface area contributed by atoms with Gasteiger partial charge in [-0.25, -0.2) is 4.98 Å². The molecule has 0 bridgehead atoms. The van der Waals surface area contributed by atoms with Crippen molar-refractivity contribution in [1.82, 2.24) is 4.98 Å². The normalized spacial score (nSPS) is 12.2. The van der Waals surface area contributed by atoms with E-state index in [1.165, 1.54) is 23.5 Å². The lowest BCUT2D eigenvalue weighted by molar-refractivity contribution is -0.274. The molecule has 20 heavy (non-hydrogen) atoms. The zero-order chi connectivity index (χ0) is 14.9. The summed E-state index contributed by atoms with van der Waals surface area (Å²) in [7, 11) is 0. The van der Waals surface area contributed by atoms with Crippen LogP contribution in [0.25, 0.3) is 10.2 Å². The summed E-state index contributed by atoms with van der Waals surface area (Å²) in [6, 6.07) is 4.49. The lowest BCUT2D eigenvalue weighted by atomic mass is 10.3. The lowest BCUT2D eigenvalue weighted by Crippen LogP contribution is -2.30. The standard InChI is InChI=1S/C13H15F3N2OS/c1-4-18(8(2)3)12-17-10-6-5-9(7-11(10)20-12)19-13(14,15)16/h5-8H,4H2,1-3H3. The summed E-state index contributed by atoms with van der Waals surface area (Å²) >= 11 is 1.37. The molecule has 0 amide bonds. The average Bonchev–Trinajstić information content (AvgIpc) is 2.69. The number of anilines is 1. The molecule has 0 atom stereocenters. The molecular weight excluding hydrogens is 289 g/mol. The van der Waals surface area contributed by atoms with Gasteiger partial charge >= 0.3 is 6.36 Å². The van der Waals surface area contributed by atoms with Gasteiger partial charge in [-0.05, 0) is 32.9 Å². The van der Waals surface area contributed by atoms with E-state index in [2.05, 4.69) is 14.6 Å². The first-order valence-corrected chi connectivity index (χ1v) is 7.05. The van der Waals surface area contributed by atoms with Gasteiger partial charge < -0.3 is 9.64 Å². The summed E-state index contributed by atoms with van der Waals surface area (Å²) in [5, 5.41) is 0.807. The first-order valence-electron chi connectivity index (χ1n) is 6.23. The number of alkyl halides is 3. The second kappa shape index (κ2) is 5.47. The van der Waals surface area contributed by atoms with Crippen LogP contribution >= 0.6 is 11.3 Å². The summed E-state index contributed by atoms with van der Waals surface area (Å²) in [6.07, 6.45) is -4.67. The molecular formula is C13H15F3N2OS. The molecule has 7 heteroatoms. The third-order valence-electron chi connectivity index (χ3n) is 2.79. The molecule has 0 saturated carbocycles. The van der Waals surface area contributed by atoms with Crippen molar-refractivity contribution >= 4 is 26.7 Å². The van der Waals surface area contributed by atoms with E-state index >= 15 is 0 Å². The Morgan fingerprint density at radius 1 is 1.35 bits per heavy atom. The maximum Gasteiger partial charge on any atom is 0.573 e. The highest BCUT2D eigenvalue weighted by atomic mass is 32.1. The number of nitrogens with zero attached hydrogens (tertiary/aromatic N) is 2. The molecule has 0 N–H and O–H groups in total. The number of fused-ring (bicyclic) bond motifs is 1. The Morgan fingerprint density at radius 3 is 2.60 bits per heavy atom. The van der Waals surface area contributed by atoms with Crippen molar-refractivity contribution in [3.63, 3.8) is 0 Å². The monoisotopic (exact) mass is 304 g/mol. The van der Waals surface area contributed by atoms with E-state index in [1.54, 1.807) is 6.07 Å². The topological polar surface area (TPSA) is 25.4 Å². The third-order valence-corrected chi connectivity index (χ3v) is 3.85. The Morgan fingerprint density at radius 2 is 2.05 bits per heavy atom. The average molecular weight is 304 g/mol. The molecule has 1 aromatic carbocycles. The minimum atomic E-state index is -4.67. The predicted molar refractivity (Wildman–Crippen MR) is 74.5 cm³/mol. The molecule has 0 saturated heterocycles. The van der Waals surface area contributed by atoms with Gasteiger partial charge in [-0.3, -0.25) is 0 Å². The largest absolute Gasteiger partial charge is 0.573 e. The van der Waals surface area contributed by atoms with Crippen molar-refractivity contribution in [2.75, 3.05) is 11.4 Å². The van der Waals surface area contributed by atoms with E-state index in [0.717, 1.165) is 11.7 Å². The van der Waals surface area contributed by atoms with Crippen LogP contribution in [0.5, 0.6) is 5.75 Å². The minimum Gasteiger partial charge on any atom is -0.406 e. The van der Waals surface area contributed by atoms with Crippen LogP contribution < -0.4 is 9.64 Å². The number of thiazole rings is 1. The number of ether oxygens (including phenoxy) is 1. The second-order valence-corrected chi connectivity index (χ2v) is 5.56. The van der Waals surface area contributed by atoms with Gasteiger partial charge in [0.2, 0.25) is 0 Å². The Labute approximate surface area is 119 Å². The van der Waals surface area contributed by atoms with Crippen LogP contribution in [0.1, 0.15) is 20.8 Å². The molecule has 0 unspecified atom stereocenters. The third kappa shape index (κ3) is 3.33. The van der Waals surface area contributed by atoms with Crippen LogP contribution in [-0.4, -0.2) is 23.9 Å². The van der Waals surface area contributed by atoms with Crippen LogP contribution in [0.3, 0.4) is 0 Å². The van der Waals surface area contributed by atoms with E-state index in [0.29, 0.717) is 10.2 Å². The van der Waals surface area contributed by atoms with Gasteiger partial charge in [0, 0.05) is 18.7 Å². The van der Waals surface area contributed by atoms with Crippen molar-refractivity contribution in [3.8, 4) is 5.75 Å². The molecule has 0 radical (unpaired) electrons. The van der Waals surface area contributed by atoms with Crippen LogP contribution in [0.2, 0.25) is 0 Å². The lowest BCUT2D eigenvalue weighted by Gasteiger charge is -2.23. The van der Waals surface area contributed by atoms with E-state index in [-0.39, 0.29) is 11.8 Å². The molecule has 0 aliphatic rings. The fourth-order valence-corrected chi connectivity index (χ4v) is 3.13. The Hall–Kier alpha value is -1.50. The van der Waals surface area contributed by atoms with Gasteiger partial charge in [0.15, 0.2) is 5.13 Å². The molecule has 2 rings (SSSR count). The van der Waals surface area contributed by atoms with E-state index < -0.39 is 6.36 Å². The van der Waals surface area contributed by atoms with Gasteiger partial charge in [0.25, 0.3) is 0 Å². The van der Waals surface area contributed by atoms with Gasteiger partial charge in [0.1, 0.15) is 5.75 Å². The maximum atomic E-state index is 12.2. The van der Waals surface area contributed by atoms with Crippen molar-refractivity contribution in [2.24, 2.45) is 0 Å². The number of halogens is 3. The SMILES string of the molecule is CCN(c1nc2ccc(OC(F)(F)F)cc2s1)C(C)C. The molecule has 0 aliphatic carbocycles. The zero-order valence-corrected chi connectivity index (χ0v) is 12.2. The number of aromatic nitrogens is 1. The van der Waals surface area contributed by atoms with E-state index in [9.17, 15) is 13.2 Å². The van der Waals surface area contributed by atoms with E-state index in [1.807, 2.05) is 20.8 Å².